The van der Waals surface area contributed by atoms with E-state index in [-0.39, 0.29) is 10.6 Å². The summed E-state index contributed by atoms with van der Waals surface area (Å²) in [6.07, 6.45) is 5.86. The smallest absolute Gasteiger partial charge is 0.251 e. The summed E-state index contributed by atoms with van der Waals surface area (Å²) >= 11 is 0. The largest absolute Gasteiger partial charge is 0.485 e. The lowest BCUT2D eigenvalue weighted by Crippen LogP contribution is -2.52. The number of aliphatic hydroxyl groups is 1. The van der Waals surface area contributed by atoms with Crippen LogP contribution in [0.3, 0.4) is 0 Å². The van der Waals surface area contributed by atoms with E-state index in [0.717, 1.165) is 18.4 Å². The van der Waals surface area contributed by atoms with E-state index >= 15 is 0 Å². The number of aryl methyl sites for hydroxylation is 1. The van der Waals surface area contributed by atoms with Crippen molar-refractivity contribution >= 4 is 8.32 Å². The first-order valence-corrected chi connectivity index (χ1v) is 13.9. The molecule has 0 saturated carbocycles. The Hall–Kier alpha value is -1.96. The number of aromatic nitrogens is 2. The molecule has 3 heterocycles. The standard InChI is InChI=1S/C24H36N2O4Si/c1-23(2,3)31(6,7)29-14-8-9-17-11-13-26(20(27)15-17)21-18-16-25-12-10-19(18)30-24(4,5)22(21)28/h10-13,15-16,21-22,28H,8-9,14H2,1-7H3/t21-,22+/m1/s1. The fourth-order valence-corrected chi connectivity index (χ4v) is 4.73. The molecule has 2 aromatic rings. The van der Waals surface area contributed by atoms with Gasteiger partial charge in [-0.25, -0.2) is 0 Å². The third-order valence-electron chi connectivity index (χ3n) is 6.70. The van der Waals surface area contributed by atoms with E-state index in [1.54, 1.807) is 35.3 Å². The van der Waals surface area contributed by atoms with Crippen molar-refractivity contribution in [3.63, 3.8) is 0 Å². The maximum Gasteiger partial charge on any atom is 0.251 e. The van der Waals surface area contributed by atoms with Crippen molar-refractivity contribution in [2.75, 3.05) is 6.61 Å². The van der Waals surface area contributed by atoms with Crippen molar-refractivity contribution in [3.8, 4) is 5.75 Å². The first kappa shape index (κ1) is 23.7. The van der Waals surface area contributed by atoms with E-state index in [1.807, 2.05) is 19.9 Å². The molecule has 1 aliphatic heterocycles. The molecule has 7 heteroatoms. The molecule has 0 bridgehead atoms. The molecule has 2 aromatic heterocycles. The van der Waals surface area contributed by atoms with Gasteiger partial charge in [0.1, 0.15) is 17.5 Å². The zero-order chi connectivity index (χ0) is 23.0. The molecule has 0 aromatic carbocycles. The van der Waals surface area contributed by atoms with E-state index in [4.69, 9.17) is 9.16 Å². The number of rotatable bonds is 6. The highest BCUT2D eigenvalue weighted by Crippen LogP contribution is 2.40. The summed E-state index contributed by atoms with van der Waals surface area (Å²) in [5.74, 6) is 0.647. The molecule has 0 unspecified atom stereocenters. The molecule has 1 N–H and O–H groups in total. The molecule has 170 valence electrons. The van der Waals surface area contributed by atoms with Crippen LogP contribution in [0.4, 0.5) is 0 Å². The second kappa shape index (κ2) is 8.52. The molecule has 0 fully saturated rings. The number of pyridine rings is 2. The molecular formula is C24H36N2O4Si. The van der Waals surface area contributed by atoms with Crippen LogP contribution in [-0.4, -0.2) is 41.3 Å². The van der Waals surface area contributed by atoms with E-state index in [0.29, 0.717) is 17.9 Å². The number of fused-ring (bicyclic) bond motifs is 1. The summed E-state index contributed by atoms with van der Waals surface area (Å²) in [6.45, 7) is 15.6. The van der Waals surface area contributed by atoms with Crippen molar-refractivity contribution in [3.05, 3.63) is 58.3 Å². The van der Waals surface area contributed by atoms with Crippen LogP contribution in [0.5, 0.6) is 5.75 Å². The fraction of sp³-hybridized carbons (Fsp3) is 0.583. The van der Waals surface area contributed by atoms with Crippen molar-refractivity contribution < 1.29 is 14.3 Å². The molecule has 3 rings (SSSR count). The Morgan fingerprint density at radius 1 is 1.29 bits per heavy atom. The second-order valence-corrected chi connectivity index (χ2v) is 15.3. The predicted octanol–water partition coefficient (Wildman–Crippen LogP) is 4.32. The lowest BCUT2D eigenvalue weighted by Gasteiger charge is -2.42. The van der Waals surface area contributed by atoms with E-state index in [1.165, 1.54) is 0 Å². The van der Waals surface area contributed by atoms with Crippen molar-refractivity contribution in [1.82, 2.24) is 9.55 Å². The zero-order valence-electron chi connectivity index (χ0n) is 19.8. The Morgan fingerprint density at radius 3 is 2.65 bits per heavy atom. The summed E-state index contributed by atoms with van der Waals surface area (Å²) in [6, 6.07) is 4.85. The first-order chi connectivity index (χ1) is 14.3. The first-order valence-electron chi connectivity index (χ1n) is 11.0. The molecule has 0 spiro atoms. The Balaban J connectivity index is 1.75. The fourth-order valence-electron chi connectivity index (χ4n) is 3.64. The monoisotopic (exact) mass is 444 g/mol. The number of hydrogen-bond donors (Lipinski definition) is 1. The molecule has 6 nitrogen and oxygen atoms in total. The average Bonchev–Trinajstić information content (AvgIpc) is 2.66. The van der Waals surface area contributed by atoms with Gasteiger partial charge in [0.05, 0.1) is 6.04 Å². The quantitative estimate of drug-likeness (QED) is 0.531. The third kappa shape index (κ3) is 4.94. The van der Waals surface area contributed by atoms with Gasteiger partial charge in [0.25, 0.3) is 5.56 Å². The highest BCUT2D eigenvalue weighted by molar-refractivity contribution is 6.74. The van der Waals surface area contributed by atoms with E-state index in [9.17, 15) is 9.90 Å². The third-order valence-corrected chi connectivity index (χ3v) is 11.2. The van der Waals surface area contributed by atoms with Crippen LogP contribution < -0.4 is 10.3 Å². The second-order valence-electron chi connectivity index (χ2n) is 10.5. The van der Waals surface area contributed by atoms with Gasteiger partial charge in [-0.1, -0.05) is 20.8 Å². The van der Waals surface area contributed by atoms with Gasteiger partial charge in [-0.05, 0) is 62.5 Å². The molecule has 0 aliphatic carbocycles. The van der Waals surface area contributed by atoms with Gasteiger partial charge in [0, 0.05) is 36.8 Å². The molecule has 1 aliphatic rings. The van der Waals surface area contributed by atoms with Crippen LogP contribution in [0.2, 0.25) is 18.1 Å². The molecule has 2 atom stereocenters. The average molecular weight is 445 g/mol. The van der Waals surface area contributed by atoms with Crippen molar-refractivity contribution in [2.45, 2.75) is 83.3 Å². The maximum atomic E-state index is 13.0. The molecule has 31 heavy (non-hydrogen) atoms. The maximum absolute atomic E-state index is 13.0. The normalized spacial score (nSPS) is 20.8. The summed E-state index contributed by atoms with van der Waals surface area (Å²) in [5, 5.41) is 11.2. The number of aliphatic hydroxyl groups excluding tert-OH is 1. The van der Waals surface area contributed by atoms with E-state index in [2.05, 4.69) is 38.8 Å². The van der Waals surface area contributed by atoms with E-state index < -0.39 is 26.1 Å². The number of ether oxygens (including phenoxy) is 1. The Labute approximate surface area is 186 Å². The Kier molecular flexibility index (Phi) is 6.51. The minimum Gasteiger partial charge on any atom is -0.485 e. The summed E-state index contributed by atoms with van der Waals surface area (Å²) in [4.78, 5) is 17.2. The number of nitrogens with zero attached hydrogens (tertiary/aromatic N) is 2. The highest BCUT2D eigenvalue weighted by atomic mass is 28.4. The van der Waals surface area contributed by atoms with Gasteiger partial charge in [0.15, 0.2) is 8.32 Å². The zero-order valence-corrected chi connectivity index (χ0v) is 20.8. The summed E-state index contributed by atoms with van der Waals surface area (Å²) in [7, 11) is -1.75. The van der Waals surface area contributed by atoms with Gasteiger partial charge in [-0.15, -0.1) is 0 Å². The lowest BCUT2D eigenvalue weighted by molar-refractivity contribution is -0.0644. The van der Waals surface area contributed by atoms with Gasteiger partial charge in [-0.3, -0.25) is 9.78 Å². The Morgan fingerprint density at radius 2 is 2.00 bits per heavy atom. The van der Waals surface area contributed by atoms with Crippen LogP contribution in [0.1, 0.15) is 58.2 Å². The highest BCUT2D eigenvalue weighted by Gasteiger charge is 2.44. The van der Waals surface area contributed by atoms with Gasteiger partial charge in [0.2, 0.25) is 0 Å². The Bertz CT molecular complexity index is 978. The minimum absolute atomic E-state index is 0.139. The van der Waals surface area contributed by atoms with Gasteiger partial charge >= 0.3 is 0 Å². The summed E-state index contributed by atoms with van der Waals surface area (Å²) in [5.41, 5.74) is 0.733. The minimum atomic E-state index is -1.75. The van der Waals surface area contributed by atoms with Crippen LogP contribution >= 0.6 is 0 Å². The van der Waals surface area contributed by atoms with Crippen LogP contribution in [0, 0.1) is 0 Å². The lowest BCUT2D eigenvalue weighted by atomic mass is 9.87. The van der Waals surface area contributed by atoms with Crippen LogP contribution in [0.15, 0.2) is 41.6 Å². The van der Waals surface area contributed by atoms with Gasteiger partial charge < -0.3 is 18.8 Å². The molecule has 0 radical (unpaired) electrons. The van der Waals surface area contributed by atoms with Crippen molar-refractivity contribution in [1.29, 1.82) is 0 Å². The van der Waals surface area contributed by atoms with Crippen LogP contribution in [-0.2, 0) is 10.8 Å². The molecule has 0 saturated heterocycles. The number of hydrogen-bond acceptors (Lipinski definition) is 5. The van der Waals surface area contributed by atoms with Gasteiger partial charge in [-0.2, -0.15) is 0 Å². The molecular weight excluding hydrogens is 408 g/mol. The SMILES string of the molecule is CC1(C)Oc2ccncc2[C@@H](n2ccc(CCCO[Si](C)(C)C(C)(C)C)cc2=O)[C@@H]1O. The molecule has 0 amide bonds. The van der Waals surface area contributed by atoms with Crippen LogP contribution in [0.25, 0.3) is 0 Å². The van der Waals surface area contributed by atoms with Crippen molar-refractivity contribution in [2.24, 2.45) is 0 Å². The topological polar surface area (TPSA) is 73.6 Å². The predicted molar refractivity (Wildman–Crippen MR) is 125 cm³/mol. The summed E-state index contributed by atoms with van der Waals surface area (Å²) < 4.78 is 13.8.